The van der Waals surface area contributed by atoms with E-state index in [-0.39, 0.29) is 5.91 Å². The molecule has 1 rings (SSSR count). The number of methoxy groups -OCH3 is 1. The lowest BCUT2D eigenvalue weighted by Crippen LogP contribution is -2.32. The highest BCUT2D eigenvalue weighted by Gasteiger charge is 2.14. The first-order valence-corrected chi connectivity index (χ1v) is 5.30. The summed E-state index contributed by atoms with van der Waals surface area (Å²) in [5.41, 5.74) is 5.84. The third kappa shape index (κ3) is 3.01. The van der Waals surface area contributed by atoms with Crippen LogP contribution in [0.3, 0.4) is 0 Å². The van der Waals surface area contributed by atoms with Gasteiger partial charge in [0, 0.05) is 5.02 Å². The van der Waals surface area contributed by atoms with Gasteiger partial charge in [0.05, 0.1) is 23.9 Å². The van der Waals surface area contributed by atoms with Crippen molar-refractivity contribution < 1.29 is 9.53 Å². The average molecular weight is 263 g/mol. The van der Waals surface area contributed by atoms with E-state index < -0.39 is 6.04 Å². The van der Waals surface area contributed by atoms with Crippen molar-refractivity contribution in [1.82, 2.24) is 0 Å². The SMILES string of the molecule is COc1c(Cl)cc(Cl)cc1NC(=O)C(C)N. The first kappa shape index (κ1) is 13.1. The van der Waals surface area contributed by atoms with Crippen molar-refractivity contribution in [3.63, 3.8) is 0 Å². The molecule has 0 fully saturated rings. The van der Waals surface area contributed by atoms with Crippen molar-refractivity contribution in [2.45, 2.75) is 13.0 Å². The summed E-state index contributed by atoms with van der Waals surface area (Å²) in [6.07, 6.45) is 0. The number of nitrogens with one attached hydrogen (secondary N) is 1. The molecule has 1 aromatic rings. The average Bonchev–Trinajstić information content (AvgIpc) is 2.16. The zero-order chi connectivity index (χ0) is 12.3. The van der Waals surface area contributed by atoms with Gasteiger partial charge in [-0.2, -0.15) is 0 Å². The Morgan fingerprint density at radius 1 is 1.50 bits per heavy atom. The number of carbonyl (C=O) groups excluding carboxylic acids is 1. The zero-order valence-electron chi connectivity index (χ0n) is 8.88. The number of hydrogen-bond donors (Lipinski definition) is 2. The highest BCUT2D eigenvalue weighted by Crippen LogP contribution is 2.35. The minimum Gasteiger partial charge on any atom is -0.493 e. The summed E-state index contributed by atoms with van der Waals surface area (Å²) in [5.74, 6) is 0.0247. The molecule has 0 heterocycles. The van der Waals surface area contributed by atoms with E-state index in [2.05, 4.69) is 5.32 Å². The summed E-state index contributed by atoms with van der Waals surface area (Å²) < 4.78 is 5.07. The van der Waals surface area contributed by atoms with E-state index in [0.29, 0.717) is 21.5 Å². The van der Waals surface area contributed by atoms with Gasteiger partial charge in [0.25, 0.3) is 0 Å². The van der Waals surface area contributed by atoms with Crippen LogP contribution in [0.1, 0.15) is 6.92 Å². The Balaban J connectivity index is 3.07. The molecular weight excluding hydrogens is 251 g/mol. The molecule has 1 aromatic carbocycles. The monoisotopic (exact) mass is 262 g/mol. The van der Waals surface area contributed by atoms with Crippen LogP contribution in [0, 0.1) is 0 Å². The summed E-state index contributed by atoms with van der Waals surface area (Å²) in [6.45, 7) is 1.58. The quantitative estimate of drug-likeness (QED) is 0.879. The summed E-state index contributed by atoms with van der Waals surface area (Å²) in [6, 6.07) is 2.46. The second-order valence-electron chi connectivity index (χ2n) is 3.25. The van der Waals surface area contributed by atoms with E-state index in [1.807, 2.05) is 0 Å². The van der Waals surface area contributed by atoms with Gasteiger partial charge in [0.1, 0.15) is 0 Å². The van der Waals surface area contributed by atoms with E-state index in [0.717, 1.165) is 0 Å². The van der Waals surface area contributed by atoms with Gasteiger partial charge in [-0.15, -0.1) is 0 Å². The molecule has 0 aliphatic heterocycles. The Bertz CT molecular complexity index is 408. The summed E-state index contributed by atoms with van der Waals surface area (Å²) in [4.78, 5) is 11.4. The highest BCUT2D eigenvalue weighted by molar-refractivity contribution is 6.36. The maximum absolute atomic E-state index is 11.4. The number of benzene rings is 1. The van der Waals surface area contributed by atoms with Crippen LogP contribution in [0.5, 0.6) is 5.75 Å². The number of carbonyl (C=O) groups is 1. The second kappa shape index (κ2) is 5.39. The molecule has 0 bridgehead atoms. The molecule has 0 aromatic heterocycles. The molecule has 0 radical (unpaired) electrons. The summed E-state index contributed by atoms with van der Waals surface area (Å²) >= 11 is 11.7. The van der Waals surface area contributed by atoms with Gasteiger partial charge >= 0.3 is 0 Å². The molecular formula is C10H12Cl2N2O2. The second-order valence-corrected chi connectivity index (χ2v) is 4.09. The van der Waals surface area contributed by atoms with Crippen LogP contribution in [-0.2, 0) is 4.79 Å². The molecule has 0 saturated heterocycles. The molecule has 1 atom stereocenters. The van der Waals surface area contributed by atoms with E-state index in [1.165, 1.54) is 13.2 Å². The van der Waals surface area contributed by atoms with Gasteiger partial charge in [-0.3, -0.25) is 4.79 Å². The number of amides is 1. The van der Waals surface area contributed by atoms with Gasteiger partial charge in [-0.25, -0.2) is 0 Å². The number of ether oxygens (including phenoxy) is 1. The molecule has 1 amide bonds. The number of rotatable bonds is 3. The number of nitrogens with two attached hydrogens (primary N) is 1. The molecule has 0 aliphatic carbocycles. The Morgan fingerprint density at radius 3 is 2.62 bits per heavy atom. The van der Waals surface area contributed by atoms with Crippen LogP contribution >= 0.6 is 23.2 Å². The van der Waals surface area contributed by atoms with Crippen molar-refractivity contribution in [2.24, 2.45) is 5.73 Å². The highest BCUT2D eigenvalue weighted by atomic mass is 35.5. The molecule has 16 heavy (non-hydrogen) atoms. The first-order chi connectivity index (χ1) is 7.45. The molecule has 1 unspecified atom stereocenters. The Hall–Kier alpha value is -0.970. The van der Waals surface area contributed by atoms with Gasteiger partial charge in [-0.1, -0.05) is 23.2 Å². The maximum atomic E-state index is 11.4. The standard InChI is InChI=1S/C10H12Cl2N2O2/c1-5(13)10(15)14-8-4-6(11)3-7(12)9(8)16-2/h3-5H,13H2,1-2H3,(H,14,15). The molecule has 88 valence electrons. The topological polar surface area (TPSA) is 64.3 Å². The van der Waals surface area contributed by atoms with E-state index in [4.69, 9.17) is 33.7 Å². The summed E-state index contributed by atoms with van der Waals surface area (Å²) in [5, 5.41) is 3.32. The van der Waals surface area contributed by atoms with Crippen molar-refractivity contribution in [2.75, 3.05) is 12.4 Å². The van der Waals surface area contributed by atoms with Crippen LogP contribution in [0.4, 0.5) is 5.69 Å². The van der Waals surface area contributed by atoms with Gasteiger partial charge in [0.2, 0.25) is 5.91 Å². The fourth-order valence-corrected chi connectivity index (χ4v) is 1.68. The largest absolute Gasteiger partial charge is 0.493 e. The lowest BCUT2D eigenvalue weighted by Gasteiger charge is -2.13. The Kier molecular flexibility index (Phi) is 4.41. The van der Waals surface area contributed by atoms with Crippen molar-refractivity contribution in [3.8, 4) is 5.75 Å². The lowest BCUT2D eigenvalue weighted by atomic mass is 10.2. The Morgan fingerprint density at radius 2 is 2.12 bits per heavy atom. The van der Waals surface area contributed by atoms with Gasteiger partial charge < -0.3 is 15.8 Å². The van der Waals surface area contributed by atoms with Gasteiger partial charge in [0.15, 0.2) is 5.75 Å². The molecule has 6 heteroatoms. The van der Waals surface area contributed by atoms with Crippen molar-refractivity contribution in [1.29, 1.82) is 0 Å². The molecule has 4 nitrogen and oxygen atoms in total. The number of halogens is 2. The smallest absolute Gasteiger partial charge is 0.241 e. The minimum absolute atomic E-state index is 0.329. The Labute approximate surface area is 104 Å². The predicted molar refractivity (Wildman–Crippen MR) is 65.3 cm³/mol. The first-order valence-electron chi connectivity index (χ1n) is 4.55. The van der Waals surface area contributed by atoms with E-state index in [9.17, 15) is 4.79 Å². The van der Waals surface area contributed by atoms with E-state index in [1.54, 1.807) is 13.0 Å². The molecule has 0 saturated carbocycles. The third-order valence-electron chi connectivity index (χ3n) is 1.88. The fourth-order valence-electron chi connectivity index (χ4n) is 1.11. The lowest BCUT2D eigenvalue weighted by molar-refractivity contribution is -0.117. The van der Waals surface area contributed by atoms with Gasteiger partial charge in [-0.05, 0) is 19.1 Å². The van der Waals surface area contributed by atoms with Crippen LogP contribution < -0.4 is 15.8 Å². The van der Waals surface area contributed by atoms with Crippen molar-refractivity contribution >= 4 is 34.8 Å². The zero-order valence-corrected chi connectivity index (χ0v) is 10.4. The van der Waals surface area contributed by atoms with Crippen LogP contribution in [0.25, 0.3) is 0 Å². The fraction of sp³-hybridized carbons (Fsp3) is 0.300. The van der Waals surface area contributed by atoms with Crippen LogP contribution in [0.15, 0.2) is 12.1 Å². The van der Waals surface area contributed by atoms with Crippen LogP contribution in [-0.4, -0.2) is 19.1 Å². The van der Waals surface area contributed by atoms with Crippen LogP contribution in [0.2, 0.25) is 10.0 Å². The predicted octanol–water partition coefficient (Wildman–Crippen LogP) is 2.29. The maximum Gasteiger partial charge on any atom is 0.241 e. The summed E-state index contributed by atoms with van der Waals surface area (Å²) in [7, 11) is 1.46. The third-order valence-corrected chi connectivity index (χ3v) is 2.38. The molecule has 0 aliphatic rings. The minimum atomic E-state index is -0.623. The number of hydrogen-bond acceptors (Lipinski definition) is 3. The number of anilines is 1. The molecule has 0 spiro atoms. The normalized spacial score (nSPS) is 12.1. The van der Waals surface area contributed by atoms with Crippen molar-refractivity contribution in [3.05, 3.63) is 22.2 Å². The molecule has 3 N–H and O–H groups in total. The van der Waals surface area contributed by atoms with E-state index >= 15 is 0 Å².